The lowest BCUT2D eigenvalue weighted by atomic mass is 9.97. The molecule has 0 saturated carbocycles. The Morgan fingerprint density at radius 1 is 0.289 bits per heavy atom. The van der Waals surface area contributed by atoms with Crippen molar-refractivity contribution in [2.75, 3.05) is 0 Å². The third-order valence-electron chi connectivity index (χ3n) is 7.31. The second-order valence-corrected chi connectivity index (χ2v) is 9.71. The molecule has 0 aliphatic carbocycles. The van der Waals surface area contributed by atoms with E-state index in [9.17, 15) is 0 Å². The molecule has 0 N–H and O–H groups in total. The highest BCUT2D eigenvalue weighted by atomic mass is 14.6. The van der Waals surface area contributed by atoms with E-state index in [4.69, 9.17) is 4.98 Å². The van der Waals surface area contributed by atoms with E-state index in [0.717, 1.165) is 16.5 Å². The van der Waals surface area contributed by atoms with E-state index < -0.39 is 0 Å². The molecule has 0 saturated heterocycles. The number of hydrogen-bond acceptors (Lipinski definition) is 1. The highest BCUT2D eigenvalue weighted by Crippen LogP contribution is 2.31. The quantitative estimate of drug-likeness (QED) is 0.243. The second kappa shape index (κ2) is 9.46. The number of fused-ring (bicyclic) bond motifs is 2. The monoisotopic (exact) mass is 483 g/mol. The first kappa shape index (κ1) is 22.2. The molecule has 7 aromatic rings. The van der Waals surface area contributed by atoms with Crippen LogP contribution in [0, 0.1) is 0 Å². The van der Waals surface area contributed by atoms with Gasteiger partial charge in [-0.2, -0.15) is 0 Å². The molecule has 0 atom stereocenters. The molecule has 0 unspecified atom stereocenters. The lowest BCUT2D eigenvalue weighted by molar-refractivity contribution is 1.41. The van der Waals surface area contributed by atoms with Crippen LogP contribution in [-0.2, 0) is 0 Å². The van der Waals surface area contributed by atoms with Gasteiger partial charge in [0, 0.05) is 17.1 Å². The molecule has 38 heavy (non-hydrogen) atoms. The van der Waals surface area contributed by atoms with Crippen LogP contribution in [0.25, 0.3) is 66.2 Å². The molecule has 1 heteroatoms. The maximum Gasteiger partial charge on any atom is 0.0708 e. The molecule has 0 fully saturated rings. The second-order valence-electron chi connectivity index (χ2n) is 9.71. The van der Waals surface area contributed by atoms with Gasteiger partial charge in [-0.05, 0) is 67.9 Å². The van der Waals surface area contributed by atoms with Gasteiger partial charge < -0.3 is 0 Å². The lowest BCUT2D eigenvalue weighted by Crippen LogP contribution is -1.86. The van der Waals surface area contributed by atoms with Crippen LogP contribution >= 0.6 is 0 Å². The Morgan fingerprint density at radius 2 is 0.737 bits per heavy atom. The molecule has 1 aromatic heterocycles. The van der Waals surface area contributed by atoms with Gasteiger partial charge >= 0.3 is 0 Å². The average molecular weight is 484 g/mol. The first-order valence-electron chi connectivity index (χ1n) is 13.0. The first-order valence-corrected chi connectivity index (χ1v) is 13.0. The smallest absolute Gasteiger partial charge is 0.0708 e. The van der Waals surface area contributed by atoms with Crippen LogP contribution in [-0.4, -0.2) is 4.98 Å². The zero-order valence-corrected chi connectivity index (χ0v) is 20.9. The number of aromatic nitrogens is 1. The van der Waals surface area contributed by atoms with Gasteiger partial charge in [0.05, 0.1) is 5.52 Å². The summed E-state index contributed by atoms with van der Waals surface area (Å²) >= 11 is 0. The summed E-state index contributed by atoms with van der Waals surface area (Å²) in [5.74, 6) is 0. The summed E-state index contributed by atoms with van der Waals surface area (Å²) in [5.41, 5.74) is 10.6. The molecule has 0 spiro atoms. The molecular formula is C37H25N. The van der Waals surface area contributed by atoms with E-state index in [1.54, 1.807) is 0 Å². The van der Waals surface area contributed by atoms with Crippen LogP contribution in [0.2, 0.25) is 0 Å². The first-order chi connectivity index (χ1) is 18.8. The van der Waals surface area contributed by atoms with E-state index in [2.05, 4.69) is 140 Å². The van der Waals surface area contributed by atoms with Crippen molar-refractivity contribution in [1.82, 2.24) is 4.98 Å². The van der Waals surface area contributed by atoms with Crippen molar-refractivity contribution >= 4 is 21.7 Å². The van der Waals surface area contributed by atoms with Crippen LogP contribution in [0.15, 0.2) is 152 Å². The van der Waals surface area contributed by atoms with Crippen LogP contribution in [0.5, 0.6) is 0 Å². The summed E-state index contributed by atoms with van der Waals surface area (Å²) in [6.45, 7) is 0. The number of pyridine rings is 1. The van der Waals surface area contributed by atoms with Gasteiger partial charge in [0.1, 0.15) is 0 Å². The van der Waals surface area contributed by atoms with Gasteiger partial charge in [-0.15, -0.1) is 0 Å². The highest BCUT2D eigenvalue weighted by molar-refractivity contribution is 5.89. The summed E-state index contributed by atoms with van der Waals surface area (Å²) in [7, 11) is 0. The van der Waals surface area contributed by atoms with Gasteiger partial charge in [-0.25, -0.2) is 0 Å². The Morgan fingerprint density at radius 3 is 1.42 bits per heavy atom. The minimum atomic E-state index is 1.01. The van der Waals surface area contributed by atoms with Crippen molar-refractivity contribution in [1.29, 1.82) is 0 Å². The Labute approximate surface area is 222 Å². The van der Waals surface area contributed by atoms with Crippen LogP contribution in [0.1, 0.15) is 0 Å². The van der Waals surface area contributed by atoms with E-state index in [0.29, 0.717) is 0 Å². The van der Waals surface area contributed by atoms with Crippen LogP contribution < -0.4 is 0 Å². The van der Waals surface area contributed by atoms with Gasteiger partial charge in [-0.1, -0.05) is 127 Å². The molecule has 1 heterocycles. The maximum absolute atomic E-state index is 4.82. The summed E-state index contributed by atoms with van der Waals surface area (Å²) in [6.07, 6.45) is 1.98. The third kappa shape index (κ3) is 4.25. The van der Waals surface area contributed by atoms with E-state index in [-0.39, 0.29) is 0 Å². The predicted octanol–water partition coefficient (Wildman–Crippen LogP) is 10.1. The fourth-order valence-corrected chi connectivity index (χ4v) is 5.17. The SMILES string of the molecule is c1ccc(-c2ccc(-c3ccc4cc(-c5ccc(-c6ccc7ccccc7c6)cc5)cnc4c3)cc2)cc1. The molecule has 0 bridgehead atoms. The molecule has 0 aliphatic heterocycles. The summed E-state index contributed by atoms with van der Waals surface area (Å²) in [4.78, 5) is 4.82. The average Bonchev–Trinajstić information content (AvgIpc) is 3.01. The third-order valence-corrected chi connectivity index (χ3v) is 7.31. The Kier molecular flexibility index (Phi) is 5.53. The molecule has 7 rings (SSSR count). The minimum Gasteiger partial charge on any atom is -0.256 e. The van der Waals surface area contributed by atoms with Crippen LogP contribution in [0.4, 0.5) is 0 Å². The molecule has 0 aliphatic rings. The molecular weight excluding hydrogens is 458 g/mol. The number of benzene rings is 6. The summed E-state index contributed by atoms with van der Waals surface area (Å²) < 4.78 is 0. The standard InChI is InChI=1S/C37H25N/c1-2-6-26(7-3-1)28-10-12-30(13-11-28)34-20-21-35-23-36(25-38-37(35)24-34)31-16-14-29(15-17-31)33-19-18-27-8-4-5-9-32(27)22-33/h1-25H. The maximum atomic E-state index is 4.82. The lowest BCUT2D eigenvalue weighted by Gasteiger charge is -2.09. The predicted molar refractivity (Wildman–Crippen MR) is 161 cm³/mol. The zero-order valence-electron chi connectivity index (χ0n) is 20.9. The van der Waals surface area contributed by atoms with Crippen molar-refractivity contribution in [3.8, 4) is 44.5 Å². The van der Waals surface area contributed by atoms with Crippen molar-refractivity contribution in [2.24, 2.45) is 0 Å². The van der Waals surface area contributed by atoms with Crippen molar-refractivity contribution in [3.63, 3.8) is 0 Å². The minimum absolute atomic E-state index is 1.01. The number of nitrogens with zero attached hydrogens (tertiary/aromatic N) is 1. The molecule has 1 nitrogen and oxygen atoms in total. The molecule has 0 radical (unpaired) electrons. The summed E-state index contributed by atoms with van der Waals surface area (Å²) in [6, 6.07) is 51.9. The zero-order chi connectivity index (χ0) is 25.3. The van der Waals surface area contributed by atoms with Crippen molar-refractivity contribution in [2.45, 2.75) is 0 Å². The van der Waals surface area contributed by atoms with E-state index in [1.165, 1.54) is 49.7 Å². The van der Waals surface area contributed by atoms with Crippen molar-refractivity contribution < 1.29 is 0 Å². The number of hydrogen-bond donors (Lipinski definition) is 0. The van der Waals surface area contributed by atoms with Crippen molar-refractivity contribution in [3.05, 3.63) is 152 Å². The number of rotatable bonds is 4. The topological polar surface area (TPSA) is 12.9 Å². The van der Waals surface area contributed by atoms with Gasteiger partial charge in [0.25, 0.3) is 0 Å². The van der Waals surface area contributed by atoms with E-state index >= 15 is 0 Å². The molecule has 178 valence electrons. The summed E-state index contributed by atoms with van der Waals surface area (Å²) in [5, 5.41) is 3.67. The van der Waals surface area contributed by atoms with Gasteiger partial charge in [0.2, 0.25) is 0 Å². The largest absolute Gasteiger partial charge is 0.256 e. The fraction of sp³-hybridized carbons (Fsp3) is 0. The Balaban J connectivity index is 1.14. The van der Waals surface area contributed by atoms with Gasteiger partial charge in [0.15, 0.2) is 0 Å². The molecule has 6 aromatic carbocycles. The molecule has 0 amide bonds. The highest BCUT2D eigenvalue weighted by Gasteiger charge is 2.06. The normalized spacial score (nSPS) is 11.2. The Bertz CT molecular complexity index is 1880. The van der Waals surface area contributed by atoms with E-state index in [1.807, 2.05) is 12.3 Å². The Hall–Kier alpha value is -5.01. The fourth-order valence-electron chi connectivity index (χ4n) is 5.17. The van der Waals surface area contributed by atoms with Crippen LogP contribution in [0.3, 0.4) is 0 Å². The van der Waals surface area contributed by atoms with Gasteiger partial charge in [-0.3, -0.25) is 4.98 Å².